The molecular formula is C24H21N3O4. The molecule has 156 valence electrons. The average Bonchev–Trinajstić information content (AvgIpc) is 2.79. The molecule has 0 aliphatic rings. The Morgan fingerprint density at radius 3 is 2.45 bits per heavy atom. The van der Waals surface area contributed by atoms with Crippen LogP contribution in [0.15, 0.2) is 71.5 Å². The Morgan fingerprint density at radius 1 is 0.968 bits per heavy atom. The zero-order chi connectivity index (χ0) is 21.8. The van der Waals surface area contributed by atoms with Gasteiger partial charge in [-0.05, 0) is 29.3 Å². The molecule has 2 N–H and O–H groups in total. The molecule has 0 unspecified atom stereocenters. The van der Waals surface area contributed by atoms with E-state index in [-0.39, 0.29) is 18.0 Å². The van der Waals surface area contributed by atoms with Crippen LogP contribution in [0.2, 0.25) is 0 Å². The van der Waals surface area contributed by atoms with Crippen LogP contribution in [0, 0.1) is 0 Å². The summed E-state index contributed by atoms with van der Waals surface area (Å²) in [6.07, 6.45) is -0.149. The van der Waals surface area contributed by atoms with Crippen molar-refractivity contribution in [3.05, 3.63) is 88.3 Å². The third-order valence-electron chi connectivity index (χ3n) is 5.12. The third kappa shape index (κ3) is 4.45. The first-order chi connectivity index (χ1) is 15.0. The van der Waals surface area contributed by atoms with Crippen molar-refractivity contribution in [1.82, 2.24) is 15.5 Å². The number of aromatic amines is 1. The second kappa shape index (κ2) is 8.79. The van der Waals surface area contributed by atoms with E-state index >= 15 is 0 Å². The Balaban J connectivity index is 1.37. The molecule has 7 heteroatoms. The fourth-order valence-corrected chi connectivity index (χ4v) is 3.63. The van der Waals surface area contributed by atoms with Gasteiger partial charge < -0.3 is 10.1 Å². The predicted octanol–water partition coefficient (Wildman–Crippen LogP) is 3.04. The number of nitrogens with one attached hydrogen (secondary N) is 2. The molecule has 7 nitrogen and oxygen atoms in total. The predicted molar refractivity (Wildman–Crippen MR) is 118 cm³/mol. The normalized spacial score (nSPS) is 11.9. The molecule has 1 atom stereocenters. The van der Waals surface area contributed by atoms with E-state index in [2.05, 4.69) is 15.5 Å². The van der Waals surface area contributed by atoms with Gasteiger partial charge in [0.05, 0.1) is 23.5 Å². The molecule has 31 heavy (non-hydrogen) atoms. The van der Waals surface area contributed by atoms with Crippen LogP contribution in [0.1, 0.15) is 24.2 Å². The van der Waals surface area contributed by atoms with Crippen LogP contribution in [0.4, 0.5) is 0 Å². The third-order valence-corrected chi connectivity index (χ3v) is 5.12. The smallest absolute Gasteiger partial charge is 0.312 e. The fraction of sp³-hybridized carbons (Fsp3) is 0.167. The molecule has 4 rings (SSSR count). The molecule has 0 bridgehead atoms. The molecule has 1 heterocycles. The molecule has 1 amide bonds. The van der Waals surface area contributed by atoms with E-state index < -0.39 is 18.5 Å². The molecule has 3 aromatic carbocycles. The Bertz CT molecular complexity index is 1320. The monoisotopic (exact) mass is 415 g/mol. The highest BCUT2D eigenvalue weighted by atomic mass is 16.5. The number of hydrogen-bond donors (Lipinski definition) is 2. The second-order valence-electron chi connectivity index (χ2n) is 7.24. The molecule has 4 aromatic rings. The van der Waals surface area contributed by atoms with Gasteiger partial charge in [0.25, 0.3) is 11.5 Å². The standard InChI is InChI=1S/C24H21N3O4/c1-15(17-12-6-8-16-7-2-3-9-18(16)17)25-22(28)14-31-23(29)13-21-19-10-4-5-11-20(19)24(30)27-26-21/h2-12,15H,13-14H2,1H3,(H,25,28)(H,27,30)/t15-/m1/s1. The summed E-state index contributed by atoms with van der Waals surface area (Å²) in [5, 5.41) is 12.4. The van der Waals surface area contributed by atoms with E-state index in [0.29, 0.717) is 16.5 Å². The van der Waals surface area contributed by atoms with Gasteiger partial charge in [-0.25, -0.2) is 5.10 Å². The van der Waals surface area contributed by atoms with Crippen LogP contribution < -0.4 is 10.9 Å². The van der Waals surface area contributed by atoms with Crippen LogP contribution >= 0.6 is 0 Å². The van der Waals surface area contributed by atoms with Gasteiger partial charge in [-0.15, -0.1) is 0 Å². The maximum atomic E-state index is 12.3. The van der Waals surface area contributed by atoms with Gasteiger partial charge in [-0.1, -0.05) is 60.7 Å². The lowest BCUT2D eigenvalue weighted by Gasteiger charge is -2.16. The van der Waals surface area contributed by atoms with Gasteiger partial charge in [0.1, 0.15) is 0 Å². The molecule has 0 saturated carbocycles. The maximum Gasteiger partial charge on any atom is 0.312 e. The summed E-state index contributed by atoms with van der Waals surface area (Å²) in [5.74, 6) is -0.995. The van der Waals surface area contributed by atoms with Crippen molar-refractivity contribution < 1.29 is 14.3 Å². The average molecular weight is 415 g/mol. The highest BCUT2D eigenvalue weighted by Gasteiger charge is 2.16. The molecule has 0 radical (unpaired) electrons. The van der Waals surface area contributed by atoms with Crippen molar-refractivity contribution in [2.24, 2.45) is 0 Å². The van der Waals surface area contributed by atoms with Crippen molar-refractivity contribution in [2.75, 3.05) is 6.61 Å². The number of aromatic nitrogens is 2. The number of fused-ring (bicyclic) bond motifs is 2. The number of H-pyrrole nitrogens is 1. The van der Waals surface area contributed by atoms with Gasteiger partial charge in [-0.3, -0.25) is 14.4 Å². The first-order valence-electron chi connectivity index (χ1n) is 9.92. The quantitative estimate of drug-likeness (QED) is 0.472. The number of esters is 1. The van der Waals surface area contributed by atoms with E-state index in [1.165, 1.54) is 0 Å². The lowest BCUT2D eigenvalue weighted by Crippen LogP contribution is -2.31. The van der Waals surface area contributed by atoms with Gasteiger partial charge in [0.2, 0.25) is 0 Å². The summed E-state index contributed by atoms with van der Waals surface area (Å²) in [7, 11) is 0. The summed E-state index contributed by atoms with van der Waals surface area (Å²) in [6, 6.07) is 20.5. The summed E-state index contributed by atoms with van der Waals surface area (Å²) in [6.45, 7) is 1.49. The Kier molecular flexibility index (Phi) is 5.75. The van der Waals surface area contributed by atoms with Crippen molar-refractivity contribution >= 4 is 33.4 Å². The van der Waals surface area contributed by atoms with E-state index in [0.717, 1.165) is 16.3 Å². The summed E-state index contributed by atoms with van der Waals surface area (Å²) >= 11 is 0. The number of hydrogen-bond acceptors (Lipinski definition) is 5. The van der Waals surface area contributed by atoms with E-state index in [9.17, 15) is 14.4 Å². The summed E-state index contributed by atoms with van der Waals surface area (Å²) in [5.41, 5.74) is 1.06. The fourth-order valence-electron chi connectivity index (χ4n) is 3.63. The number of ether oxygens (including phenoxy) is 1. The van der Waals surface area contributed by atoms with Crippen molar-refractivity contribution in [3.8, 4) is 0 Å². The first kappa shape index (κ1) is 20.3. The lowest BCUT2D eigenvalue weighted by molar-refractivity contribution is -0.148. The number of carbonyl (C=O) groups is 2. The topological polar surface area (TPSA) is 101 Å². The number of carbonyl (C=O) groups excluding carboxylic acids is 2. The van der Waals surface area contributed by atoms with Crippen LogP contribution in [-0.4, -0.2) is 28.7 Å². The molecule has 1 aromatic heterocycles. The number of benzene rings is 3. The minimum absolute atomic E-state index is 0.149. The van der Waals surface area contributed by atoms with Crippen molar-refractivity contribution in [3.63, 3.8) is 0 Å². The SMILES string of the molecule is C[C@@H](NC(=O)COC(=O)Cc1n[nH]c(=O)c2ccccc12)c1cccc2ccccc12. The maximum absolute atomic E-state index is 12.3. The van der Waals surface area contributed by atoms with E-state index in [4.69, 9.17) is 4.74 Å². The lowest BCUT2D eigenvalue weighted by atomic mass is 10.00. The molecule has 0 aliphatic carbocycles. The zero-order valence-corrected chi connectivity index (χ0v) is 16.9. The molecule has 0 saturated heterocycles. The van der Waals surface area contributed by atoms with E-state index in [1.807, 2.05) is 49.4 Å². The van der Waals surface area contributed by atoms with Gasteiger partial charge in [0.15, 0.2) is 6.61 Å². The van der Waals surface area contributed by atoms with Crippen LogP contribution in [0.25, 0.3) is 21.5 Å². The highest BCUT2D eigenvalue weighted by molar-refractivity contribution is 5.89. The van der Waals surface area contributed by atoms with Crippen molar-refractivity contribution in [1.29, 1.82) is 0 Å². The second-order valence-corrected chi connectivity index (χ2v) is 7.24. The van der Waals surface area contributed by atoms with Crippen LogP contribution in [0.5, 0.6) is 0 Å². The minimum atomic E-state index is -0.599. The Morgan fingerprint density at radius 2 is 1.65 bits per heavy atom. The Labute approximate surface area is 178 Å². The van der Waals surface area contributed by atoms with Gasteiger partial charge >= 0.3 is 5.97 Å². The number of amides is 1. The summed E-state index contributed by atoms with van der Waals surface area (Å²) in [4.78, 5) is 36.4. The summed E-state index contributed by atoms with van der Waals surface area (Å²) < 4.78 is 5.13. The molecule has 0 aliphatic heterocycles. The molecule has 0 fully saturated rings. The highest BCUT2D eigenvalue weighted by Crippen LogP contribution is 2.24. The number of rotatable bonds is 6. The van der Waals surface area contributed by atoms with Crippen LogP contribution in [0.3, 0.4) is 0 Å². The van der Waals surface area contributed by atoms with E-state index in [1.54, 1.807) is 24.3 Å². The van der Waals surface area contributed by atoms with Crippen molar-refractivity contribution in [2.45, 2.75) is 19.4 Å². The van der Waals surface area contributed by atoms with Crippen LogP contribution in [-0.2, 0) is 20.7 Å². The van der Waals surface area contributed by atoms with Gasteiger partial charge in [-0.2, -0.15) is 5.10 Å². The largest absolute Gasteiger partial charge is 0.455 e. The first-order valence-corrected chi connectivity index (χ1v) is 9.92. The molecular weight excluding hydrogens is 394 g/mol. The number of nitrogens with zero attached hydrogens (tertiary/aromatic N) is 1. The molecule has 0 spiro atoms. The minimum Gasteiger partial charge on any atom is -0.455 e. The zero-order valence-electron chi connectivity index (χ0n) is 16.9. The Hall–Kier alpha value is -4.00. The van der Waals surface area contributed by atoms with Gasteiger partial charge in [0, 0.05) is 5.39 Å².